The van der Waals surface area contributed by atoms with Crippen LogP contribution in [0.3, 0.4) is 0 Å². The van der Waals surface area contributed by atoms with Crippen molar-refractivity contribution in [2.45, 2.75) is 39.5 Å². The van der Waals surface area contributed by atoms with E-state index >= 15 is 0 Å². The number of carboxylic acid groups (broad SMARTS) is 1. The SMILES string of the molecule is CC(C)COC(=O)C1CCCC(C(=O)O)C1.OCCO. The number of aliphatic carboxylic acids is 1. The van der Waals surface area contributed by atoms with Crippen molar-refractivity contribution in [3.05, 3.63) is 0 Å². The molecule has 6 heteroatoms. The first-order valence-electron chi connectivity index (χ1n) is 7.03. The van der Waals surface area contributed by atoms with Gasteiger partial charge in [-0.05, 0) is 25.2 Å². The van der Waals surface area contributed by atoms with Crippen LogP contribution in [0.15, 0.2) is 0 Å². The van der Waals surface area contributed by atoms with Crippen LogP contribution in [0, 0.1) is 17.8 Å². The predicted molar refractivity (Wildman–Crippen MR) is 73.1 cm³/mol. The lowest BCUT2D eigenvalue weighted by molar-refractivity contribution is -0.153. The molecule has 118 valence electrons. The number of hydrogen-bond acceptors (Lipinski definition) is 5. The van der Waals surface area contributed by atoms with E-state index in [0.717, 1.165) is 12.8 Å². The minimum absolute atomic E-state index is 0.125. The van der Waals surface area contributed by atoms with Gasteiger partial charge in [-0.25, -0.2) is 0 Å². The third-order valence-electron chi connectivity index (χ3n) is 3.02. The van der Waals surface area contributed by atoms with Crippen LogP contribution in [0.2, 0.25) is 0 Å². The Morgan fingerprint density at radius 3 is 2.15 bits per heavy atom. The molecule has 6 nitrogen and oxygen atoms in total. The fourth-order valence-electron chi connectivity index (χ4n) is 1.99. The number of aliphatic hydroxyl groups excluding tert-OH is 2. The normalized spacial score (nSPS) is 21.9. The molecule has 0 heterocycles. The molecule has 0 bridgehead atoms. The van der Waals surface area contributed by atoms with E-state index < -0.39 is 5.97 Å². The zero-order valence-electron chi connectivity index (χ0n) is 12.2. The quantitative estimate of drug-likeness (QED) is 0.654. The highest BCUT2D eigenvalue weighted by Crippen LogP contribution is 2.30. The highest BCUT2D eigenvalue weighted by atomic mass is 16.5. The Kier molecular flexibility index (Phi) is 10.0. The van der Waals surface area contributed by atoms with Gasteiger partial charge in [0.15, 0.2) is 0 Å². The van der Waals surface area contributed by atoms with Crippen LogP contribution in [0.25, 0.3) is 0 Å². The van der Waals surface area contributed by atoms with E-state index in [0.29, 0.717) is 25.4 Å². The number of carbonyl (C=O) groups is 2. The topological polar surface area (TPSA) is 104 Å². The standard InChI is InChI=1S/C12H20O4.C2H6O2/c1-8(2)7-16-12(15)10-5-3-4-9(6-10)11(13)14;3-1-2-4/h8-10H,3-7H2,1-2H3,(H,13,14);3-4H,1-2H2. The minimum Gasteiger partial charge on any atom is -0.481 e. The molecule has 1 rings (SSSR count). The molecular weight excluding hydrogens is 264 g/mol. The second-order valence-corrected chi connectivity index (χ2v) is 5.37. The summed E-state index contributed by atoms with van der Waals surface area (Å²) in [6.07, 6.45) is 2.69. The van der Waals surface area contributed by atoms with Gasteiger partial charge in [0.25, 0.3) is 0 Å². The van der Waals surface area contributed by atoms with Gasteiger partial charge in [-0.15, -0.1) is 0 Å². The molecule has 0 aromatic heterocycles. The summed E-state index contributed by atoms with van der Waals surface area (Å²) < 4.78 is 5.14. The number of esters is 1. The van der Waals surface area contributed by atoms with Gasteiger partial charge in [-0.3, -0.25) is 9.59 Å². The number of hydrogen-bond donors (Lipinski definition) is 3. The first-order chi connectivity index (χ1) is 9.42. The molecule has 0 amide bonds. The predicted octanol–water partition coefficient (Wildman–Crippen LogP) is 1.05. The van der Waals surface area contributed by atoms with Crippen LogP contribution in [0.4, 0.5) is 0 Å². The van der Waals surface area contributed by atoms with Crippen molar-refractivity contribution in [3.8, 4) is 0 Å². The third kappa shape index (κ3) is 8.12. The van der Waals surface area contributed by atoms with E-state index in [1.165, 1.54) is 0 Å². The third-order valence-corrected chi connectivity index (χ3v) is 3.02. The van der Waals surface area contributed by atoms with Gasteiger partial charge in [-0.1, -0.05) is 20.3 Å². The Morgan fingerprint density at radius 2 is 1.70 bits per heavy atom. The molecule has 3 N–H and O–H groups in total. The van der Waals surface area contributed by atoms with Crippen LogP contribution in [-0.2, 0) is 14.3 Å². The molecular formula is C14H26O6. The van der Waals surface area contributed by atoms with Crippen LogP contribution in [-0.4, -0.2) is 47.1 Å². The van der Waals surface area contributed by atoms with E-state index in [4.69, 9.17) is 20.1 Å². The summed E-state index contributed by atoms with van der Waals surface area (Å²) in [5, 5.41) is 24.2. The molecule has 0 aromatic carbocycles. The molecule has 1 aliphatic rings. The summed E-state index contributed by atoms with van der Waals surface area (Å²) >= 11 is 0. The summed E-state index contributed by atoms with van der Waals surface area (Å²) in [4.78, 5) is 22.5. The molecule has 0 aromatic rings. The summed E-state index contributed by atoms with van der Waals surface area (Å²) in [6.45, 7) is 4.13. The lowest BCUT2D eigenvalue weighted by Crippen LogP contribution is -2.29. The average molecular weight is 290 g/mol. The van der Waals surface area contributed by atoms with Crippen molar-refractivity contribution >= 4 is 11.9 Å². The van der Waals surface area contributed by atoms with E-state index in [2.05, 4.69) is 0 Å². The van der Waals surface area contributed by atoms with Crippen LogP contribution in [0.5, 0.6) is 0 Å². The highest BCUT2D eigenvalue weighted by Gasteiger charge is 2.31. The smallest absolute Gasteiger partial charge is 0.308 e. The summed E-state index contributed by atoms with van der Waals surface area (Å²) in [6, 6.07) is 0. The van der Waals surface area contributed by atoms with E-state index in [9.17, 15) is 9.59 Å². The maximum Gasteiger partial charge on any atom is 0.308 e. The van der Waals surface area contributed by atoms with Crippen molar-refractivity contribution in [2.24, 2.45) is 17.8 Å². The molecule has 0 spiro atoms. The lowest BCUT2D eigenvalue weighted by atomic mass is 9.81. The van der Waals surface area contributed by atoms with E-state index in [-0.39, 0.29) is 31.0 Å². The number of ether oxygens (including phenoxy) is 1. The zero-order valence-corrected chi connectivity index (χ0v) is 12.2. The summed E-state index contributed by atoms with van der Waals surface area (Å²) in [5.41, 5.74) is 0. The van der Waals surface area contributed by atoms with Crippen molar-refractivity contribution in [1.29, 1.82) is 0 Å². The van der Waals surface area contributed by atoms with Gasteiger partial charge >= 0.3 is 11.9 Å². The van der Waals surface area contributed by atoms with Crippen LogP contribution >= 0.6 is 0 Å². The maximum atomic E-state index is 11.7. The van der Waals surface area contributed by atoms with E-state index in [1.54, 1.807) is 0 Å². The Bertz CT molecular complexity index is 287. The lowest BCUT2D eigenvalue weighted by Gasteiger charge is -2.25. The number of carboxylic acids is 1. The molecule has 0 saturated heterocycles. The Hall–Kier alpha value is -1.14. The van der Waals surface area contributed by atoms with Crippen LogP contribution in [0.1, 0.15) is 39.5 Å². The van der Waals surface area contributed by atoms with Crippen molar-refractivity contribution in [2.75, 3.05) is 19.8 Å². The van der Waals surface area contributed by atoms with Gasteiger partial charge in [-0.2, -0.15) is 0 Å². The minimum atomic E-state index is -0.790. The Balaban J connectivity index is 0.000000796. The molecule has 2 unspecified atom stereocenters. The monoisotopic (exact) mass is 290 g/mol. The fraction of sp³-hybridized carbons (Fsp3) is 0.857. The molecule has 20 heavy (non-hydrogen) atoms. The van der Waals surface area contributed by atoms with Gasteiger partial charge in [0.2, 0.25) is 0 Å². The Labute approximate surface area is 119 Å². The second-order valence-electron chi connectivity index (χ2n) is 5.37. The summed E-state index contributed by atoms with van der Waals surface area (Å²) in [5.74, 6) is -1.28. The zero-order chi connectivity index (χ0) is 15.5. The molecule has 2 atom stereocenters. The van der Waals surface area contributed by atoms with Crippen molar-refractivity contribution < 1.29 is 29.6 Å². The average Bonchev–Trinajstić information content (AvgIpc) is 2.45. The van der Waals surface area contributed by atoms with Gasteiger partial charge in [0, 0.05) is 0 Å². The van der Waals surface area contributed by atoms with Crippen molar-refractivity contribution in [1.82, 2.24) is 0 Å². The number of carbonyl (C=O) groups excluding carboxylic acids is 1. The van der Waals surface area contributed by atoms with Gasteiger partial charge < -0.3 is 20.1 Å². The largest absolute Gasteiger partial charge is 0.481 e. The number of aliphatic hydroxyl groups is 2. The van der Waals surface area contributed by atoms with E-state index in [1.807, 2.05) is 13.8 Å². The first-order valence-corrected chi connectivity index (χ1v) is 7.03. The van der Waals surface area contributed by atoms with Gasteiger partial charge in [0.05, 0.1) is 31.7 Å². The second kappa shape index (κ2) is 10.6. The first kappa shape index (κ1) is 18.9. The van der Waals surface area contributed by atoms with Crippen molar-refractivity contribution in [3.63, 3.8) is 0 Å². The molecule has 1 fully saturated rings. The highest BCUT2D eigenvalue weighted by molar-refractivity contribution is 5.75. The molecule has 1 aliphatic carbocycles. The molecule has 0 radical (unpaired) electrons. The fourth-order valence-corrected chi connectivity index (χ4v) is 1.99. The molecule has 0 aliphatic heterocycles. The summed E-state index contributed by atoms with van der Waals surface area (Å²) in [7, 11) is 0. The van der Waals surface area contributed by atoms with Gasteiger partial charge in [0.1, 0.15) is 0 Å². The van der Waals surface area contributed by atoms with Crippen LogP contribution < -0.4 is 0 Å². The maximum absolute atomic E-state index is 11.7. The molecule has 1 saturated carbocycles. The number of rotatable bonds is 5. The Morgan fingerprint density at radius 1 is 1.15 bits per heavy atom.